The van der Waals surface area contributed by atoms with Crippen LogP contribution >= 0.6 is 11.8 Å². The number of nitrogens with zero attached hydrogens (tertiary/aromatic N) is 3. The number of thioether (sulfide) groups is 1. The van der Waals surface area contributed by atoms with Crippen LogP contribution in [0, 0.1) is 17.8 Å². The van der Waals surface area contributed by atoms with Crippen molar-refractivity contribution in [2.24, 2.45) is 17.8 Å². The van der Waals surface area contributed by atoms with E-state index in [4.69, 9.17) is 4.74 Å². The molecule has 0 N–H and O–H groups in total. The number of hydrogen-bond acceptors (Lipinski definition) is 6. The first kappa shape index (κ1) is 17.0. The Morgan fingerprint density at radius 2 is 2.08 bits per heavy atom. The van der Waals surface area contributed by atoms with Crippen LogP contribution in [0.1, 0.15) is 30.5 Å². The van der Waals surface area contributed by atoms with E-state index in [-0.39, 0.29) is 18.1 Å². The Kier molecular flexibility index (Phi) is 4.13. The summed E-state index contributed by atoms with van der Waals surface area (Å²) in [6.45, 7) is 1.55. The topological polar surface area (TPSA) is 55.3 Å². The van der Waals surface area contributed by atoms with Crippen molar-refractivity contribution in [3.05, 3.63) is 11.3 Å². The largest absolute Gasteiger partial charge is 0.469 e. The summed E-state index contributed by atoms with van der Waals surface area (Å²) >= 11 is 1.30. The van der Waals surface area contributed by atoms with Gasteiger partial charge in [0.1, 0.15) is 11.5 Å². The van der Waals surface area contributed by atoms with Crippen LogP contribution in [0.3, 0.4) is 0 Å². The maximum atomic E-state index is 14.3. The highest BCUT2D eigenvalue weighted by Gasteiger charge is 2.57. The number of anilines is 1. The number of fused-ring (bicyclic) bond motifs is 2. The smallest absolute Gasteiger partial charge is 0.305 e. The normalized spacial score (nSPS) is 29.1. The molecule has 25 heavy (non-hydrogen) atoms. The molecule has 1 aliphatic heterocycles. The van der Waals surface area contributed by atoms with Gasteiger partial charge in [0.15, 0.2) is 5.16 Å². The Balaban J connectivity index is 1.58. The Morgan fingerprint density at radius 3 is 2.72 bits per heavy atom. The highest BCUT2D eigenvalue weighted by atomic mass is 32.2. The van der Waals surface area contributed by atoms with Gasteiger partial charge in [0, 0.05) is 31.5 Å². The molecule has 2 fully saturated rings. The lowest BCUT2D eigenvalue weighted by atomic mass is 9.93. The first-order valence-electron chi connectivity index (χ1n) is 8.59. The molecule has 2 heterocycles. The molecule has 0 aromatic carbocycles. The fourth-order valence-corrected chi connectivity index (χ4v) is 4.70. The first-order chi connectivity index (χ1) is 11.9. The van der Waals surface area contributed by atoms with E-state index in [1.807, 2.05) is 0 Å². The van der Waals surface area contributed by atoms with E-state index < -0.39 is 5.92 Å². The van der Waals surface area contributed by atoms with Gasteiger partial charge in [-0.2, -0.15) is 8.78 Å². The number of methoxy groups -OCH3 is 1. The Morgan fingerprint density at radius 1 is 1.36 bits per heavy atom. The molecule has 0 bridgehead atoms. The van der Waals surface area contributed by atoms with Gasteiger partial charge >= 0.3 is 5.97 Å². The van der Waals surface area contributed by atoms with E-state index in [9.17, 15) is 13.6 Å². The van der Waals surface area contributed by atoms with Gasteiger partial charge in [-0.1, -0.05) is 11.8 Å². The van der Waals surface area contributed by atoms with Gasteiger partial charge in [-0.05, 0) is 36.9 Å². The summed E-state index contributed by atoms with van der Waals surface area (Å²) in [5, 5.41) is 0.405. The van der Waals surface area contributed by atoms with E-state index in [0.717, 1.165) is 13.1 Å². The molecule has 0 radical (unpaired) electrons. The van der Waals surface area contributed by atoms with Crippen LogP contribution in [0.15, 0.2) is 5.16 Å². The van der Waals surface area contributed by atoms with Gasteiger partial charge < -0.3 is 9.64 Å². The molecule has 2 aliphatic carbocycles. The minimum Gasteiger partial charge on any atom is -0.469 e. The molecule has 1 saturated carbocycles. The SMILES string of the molecule is COC(=O)CC1C2CN(c3nc(SC)nc4c3CCCC4(F)F)CC12. The number of carbonyl (C=O) groups is 1. The number of rotatable bonds is 4. The zero-order valence-electron chi connectivity index (χ0n) is 14.3. The van der Waals surface area contributed by atoms with Crippen molar-refractivity contribution >= 4 is 23.5 Å². The van der Waals surface area contributed by atoms with Crippen molar-refractivity contribution in [2.45, 2.75) is 36.8 Å². The van der Waals surface area contributed by atoms with Crippen molar-refractivity contribution in [1.82, 2.24) is 9.97 Å². The minimum absolute atomic E-state index is 0.0835. The maximum Gasteiger partial charge on any atom is 0.305 e. The Hall–Kier alpha value is -1.44. The number of aromatic nitrogens is 2. The van der Waals surface area contributed by atoms with Gasteiger partial charge in [-0.3, -0.25) is 4.79 Å². The molecule has 4 rings (SSSR count). The van der Waals surface area contributed by atoms with E-state index in [1.165, 1.54) is 18.9 Å². The summed E-state index contributed by atoms with van der Waals surface area (Å²) in [7, 11) is 1.41. The lowest BCUT2D eigenvalue weighted by Gasteiger charge is -2.30. The number of piperidine rings is 1. The fraction of sp³-hybridized carbons (Fsp3) is 0.706. The molecule has 2 unspecified atom stereocenters. The molecule has 1 aromatic rings. The second-order valence-electron chi connectivity index (χ2n) is 7.10. The van der Waals surface area contributed by atoms with E-state index >= 15 is 0 Å². The molecule has 2 atom stereocenters. The fourth-order valence-electron chi connectivity index (χ4n) is 4.34. The van der Waals surface area contributed by atoms with Gasteiger partial charge in [0.05, 0.1) is 7.11 Å². The van der Waals surface area contributed by atoms with E-state index in [1.54, 1.807) is 6.26 Å². The summed E-state index contributed by atoms with van der Waals surface area (Å²) in [4.78, 5) is 22.3. The number of carbonyl (C=O) groups excluding carboxylic acids is 1. The second kappa shape index (κ2) is 6.07. The van der Waals surface area contributed by atoms with Crippen LogP contribution in [-0.2, 0) is 21.9 Å². The summed E-state index contributed by atoms with van der Waals surface area (Å²) in [6.07, 6.45) is 3.18. The predicted molar refractivity (Wildman–Crippen MR) is 90.0 cm³/mol. The lowest BCUT2D eigenvalue weighted by Crippen LogP contribution is -2.31. The number of esters is 1. The standard InChI is InChI=1S/C17H21F2N3O2S/c1-24-13(23)6-10-11-7-22(8-12(10)11)15-9-4-3-5-17(18,19)14(9)20-16(21-15)25-2/h10-12H,3-8H2,1-2H3. The molecule has 5 nitrogen and oxygen atoms in total. The van der Waals surface area contributed by atoms with Crippen LogP contribution in [-0.4, -0.2) is 42.4 Å². The van der Waals surface area contributed by atoms with Crippen LogP contribution in [0.2, 0.25) is 0 Å². The number of hydrogen-bond donors (Lipinski definition) is 0. The summed E-state index contributed by atoms with van der Waals surface area (Å²) in [5.74, 6) is -1.13. The maximum absolute atomic E-state index is 14.3. The predicted octanol–water partition coefficient (Wildman–Crippen LogP) is 2.87. The molecular formula is C17H21F2N3O2S. The van der Waals surface area contributed by atoms with E-state index in [2.05, 4.69) is 14.9 Å². The molecule has 8 heteroatoms. The van der Waals surface area contributed by atoms with Crippen LogP contribution in [0.5, 0.6) is 0 Å². The van der Waals surface area contributed by atoms with Crippen LogP contribution in [0.4, 0.5) is 14.6 Å². The van der Waals surface area contributed by atoms with Gasteiger partial charge in [0.2, 0.25) is 0 Å². The van der Waals surface area contributed by atoms with Crippen molar-refractivity contribution in [2.75, 3.05) is 31.4 Å². The third-order valence-corrected chi connectivity index (χ3v) is 6.26. The second-order valence-corrected chi connectivity index (χ2v) is 7.87. The van der Waals surface area contributed by atoms with Crippen molar-refractivity contribution in [3.8, 4) is 0 Å². The van der Waals surface area contributed by atoms with Crippen LogP contribution in [0.25, 0.3) is 0 Å². The van der Waals surface area contributed by atoms with Gasteiger partial charge in [-0.15, -0.1) is 0 Å². The molecule has 136 valence electrons. The monoisotopic (exact) mass is 369 g/mol. The van der Waals surface area contributed by atoms with Crippen LogP contribution < -0.4 is 4.90 Å². The minimum atomic E-state index is -2.87. The Bertz CT molecular complexity index is 703. The number of ether oxygens (including phenoxy) is 1. The molecule has 3 aliphatic rings. The number of alkyl halides is 2. The average molecular weight is 369 g/mol. The third-order valence-electron chi connectivity index (χ3n) is 5.71. The average Bonchev–Trinajstić information content (AvgIpc) is 3.03. The zero-order valence-corrected chi connectivity index (χ0v) is 15.1. The quantitative estimate of drug-likeness (QED) is 0.462. The Labute approximate surface area is 149 Å². The molecular weight excluding hydrogens is 348 g/mol. The summed E-state index contributed by atoms with van der Waals surface area (Å²) < 4.78 is 33.4. The highest BCUT2D eigenvalue weighted by molar-refractivity contribution is 7.98. The molecule has 0 spiro atoms. The van der Waals surface area contributed by atoms with Crippen molar-refractivity contribution in [3.63, 3.8) is 0 Å². The third kappa shape index (κ3) is 2.88. The molecule has 1 saturated heterocycles. The highest BCUT2D eigenvalue weighted by Crippen LogP contribution is 2.55. The van der Waals surface area contributed by atoms with Crippen molar-refractivity contribution < 1.29 is 18.3 Å². The van der Waals surface area contributed by atoms with E-state index in [0.29, 0.717) is 53.6 Å². The van der Waals surface area contributed by atoms with Gasteiger partial charge in [0.25, 0.3) is 5.92 Å². The molecule has 0 amide bonds. The molecule has 1 aromatic heterocycles. The first-order valence-corrected chi connectivity index (χ1v) is 9.82. The zero-order chi connectivity index (χ0) is 17.8. The van der Waals surface area contributed by atoms with Gasteiger partial charge in [-0.25, -0.2) is 9.97 Å². The summed E-state index contributed by atoms with van der Waals surface area (Å²) in [5.41, 5.74) is 0.527. The lowest BCUT2D eigenvalue weighted by molar-refractivity contribution is -0.141. The number of halogens is 2. The summed E-state index contributed by atoms with van der Waals surface area (Å²) in [6, 6.07) is 0. The van der Waals surface area contributed by atoms with Crippen molar-refractivity contribution in [1.29, 1.82) is 0 Å².